The van der Waals surface area contributed by atoms with E-state index < -0.39 is 10.0 Å². The highest BCUT2D eigenvalue weighted by atomic mass is 79.9. The Hall–Kier alpha value is -0.790. The third-order valence-electron chi connectivity index (χ3n) is 2.44. The molecule has 7 heteroatoms. The average Bonchev–Trinajstić information content (AvgIpc) is 2.28. The molecule has 0 aromatic heterocycles. The van der Waals surface area contributed by atoms with Crippen molar-refractivity contribution in [1.82, 2.24) is 0 Å². The van der Waals surface area contributed by atoms with Crippen LogP contribution in [-0.4, -0.2) is 34.4 Å². The summed E-state index contributed by atoms with van der Waals surface area (Å²) in [5, 5.41) is 0. The van der Waals surface area contributed by atoms with E-state index in [0.717, 1.165) is 4.47 Å². The number of anilines is 2. The highest BCUT2D eigenvalue weighted by Gasteiger charge is 2.20. The fraction of sp³-hybridized carbons (Fsp3) is 0.455. The van der Waals surface area contributed by atoms with Crippen molar-refractivity contribution < 1.29 is 13.2 Å². The Balaban J connectivity index is 2.88. The third kappa shape index (κ3) is 3.86. The summed E-state index contributed by atoms with van der Waals surface area (Å²) in [5.41, 5.74) is 6.68. The minimum Gasteiger partial charge on any atom is -0.397 e. The van der Waals surface area contributed by atoms with Gasteiger partial charge in [0.05, 0.1) is 23.7 Å². The minimum absolute atomic E-state index is 0.0627. The Bertz CT molecular complexity index is 505. The van der Waals surface area contributed by atoms with Crippen LogP contribution in [0.3, 0.4) is 0 Å². The Morgan fingerprint density at radius 2 is 2.11 bits per heavy atom. The molecule has 1 rings (SSSR count). The number of rotatable bonds is 6. The third-order valence-corrected chi connectivity index (χ3v) is 4.64. The maximum Gasteiger partial charge on any atom is 0.237 e. The van der Waals surface area contributed by atoms with Gasteiger partial charge in [0.25, 0.3) is 0 Å². The number of sulfonamides is 1. The Morgan fingerprint density at radius 3 is 2.67 bits per heavy atom. The van der Waals surface area contributed by atoms with E-state index in [1.54, 1.807) is 18.2 Å². The van der Waals surface area contributed by atoms with Gasteiger partial charge in [-0.05, 0) is 25.1 Å². The van der Waals surface area contributed by atoms with Crippen LogP contribution in [0.4, 0.5) is 11.4 Å². The second kappa shape index (κ2) is 6.40. The standard InChI is InChI=1S/C11H17BrN2O3S/c1-3-17-6-7-18(15,16)14(2)11-5-4-9(12)8-10(11)13/h4-5,8H,3,6-7,13H2,1-2H3. The fourth-order valence-electron chi connectivity index (χ4n) is 1.41. The lowest BCUT2D eigenvalue weighted by Gasteiger charge is -2.21. The van der Waals surface area contributed by atoms with E-state index in [4.69, 9.17) is 10.5 Å². The van der Waals surface area contributed by atoms with E-state index >= 15 is 0 Å². The first kappa shape index (κ1) is 15.3. The first-order chi connectivity index (χ1) is 8.38. The van der Waals surface area contributed by atoms with E-state index in [-0.39, 0.29) is 12.4 Å². The van der Waals surface area contributed by atoms with Crippen LogP contribution in [0, 0.1) is 0 Å². The summed E-state index contributed by atoms with van der Waals surface area (Å²) in [5.74, 6) is -0.0627. The lowest BCUT2D eigenvalue weighted by molar-refractivity contribution is 0.163. The number of hydrogen-bond acceptors (Lipinski definition) is 4. The highest BCUT2D eigenvalue weighted by Crippen LogP contribution is 2.27. The second-order valence-corrected chi connectivity index (χ2v) is 6.72. The summed E-state index contributed by atoms with van der Waals surface area (Å²) >= 11 is 3.28. The molecule has 18 heavy (non-hydrogen) atoms. The molecule has 0 saturated carbocycles. The van der Waals surface area contributed by atoms with Gasteiger partial charge in [0.15, 0.2) is 0 Å². The van der Waals surface area contributed by atoms with Crippen LogP contribution >= 0.6 is 15.9 Å². The van der Waals surface area contributed by atoms with E-state index in [0.29, 0.717) is 18.0 Å². The molecule has 1 aromatic rings. The summed E-state index contributed by atoms with van der Waals surface area (Å²) in [4.78, 5) is 0. The minimum atomic E-state index is -3.41. The van der Waals surface area contributed by atoms with Gasteiger partial charge in [0.1, 0.15) is 0 Å². The number of halogens is 1. The number of nitrogen functional groups attached to an aromatic ring is 1. The molecule has 0 fully saturated rings. The predicted molar refractivity (Wildman–Crippen MR) is 77.2 cm³/mol. The zero-order chi connectivity index (χ0) is 13.8. The first-order valence-corrected chi connectivity index (χ1v) is 7.88. The van der Waals surface area contributed by atoms with Crippen LogP contribution in [-0.2, 0) is 14.8 Å². The van der Waals surface area contributed by atoms with E-state index in [9.17, 15) is 8.42 Å². The molecule has 0 heterocycles. The number of ether oxygens (including phenoxy) is 1. The number of nitrogens with zero attached hydrogens (tertiary/aromatic N) is 1. The molecule has 0 atom stereocenters. The molecule has 0 spiro atoms. The summed E-state index contributed by atoms with van der Waals surface area (Å²) in [6.45, 7) is 2.50. The van der Waals surface area contributed by atoms with Crippen LogP contribution in [0.2, 0.25) is 0 Å². The normalized spacial score (nSPS) is 11.5. The first-order valence-electron chi connectivity index (χ1n) is 5.48. The fourth-order valence-corrected chi connectivity index (χ4v) is 2.85. The second-order valence-electron chi connectivity index (χ2n) is 3.68. The molecule has 0 saturated heterocycles. The molecular weight excluding hydrogens is 320 g/mol. The van der Waals surface area contributed by atoms with Crippen LogP contribution in [0.25, 0.3) is 0 Å². The molecule has 0 unspecified atom stereocenters. The monoisotopic (exact) mass is 336 g/mol. The number of hydrogen-bond donors (Lipinski definition) is 1. The lowest BCUT2D eigenvalue weighted by Crippen LogP contribution is -2.31. The van der Waals surface area contributed by atoms with E-state index in [1.165, 1.54) is 11.4 Å². The Morgan fingerprint density at radius 1 is 1.44 bits per heavy atom. The van der Waals surface area contributed by atoms with Crippen molar-refractivity contribution >= 4 is 37.3 Å². The largest absolute Gasteiger partial charge is 0.397 e. The van der Waals surface area contributed by atoms with Gasteiger partial charge in [-0.2, -0.15) is 0 Å². The summed E-state index contributed by atoms with van der Waals surface area (Å²) in [7, 11) is -1.92. The predicted octanol–water partition coefficient (Wildman–Crippen LogP) is 1.83. The Labute approximate surface area is 116 Å². The molecule has 102 valence electrons. The van der Waals surface area contributed by atoms with Gasteiger partial charge in [-0.15, -0.1) is 0 Å². The SMILES string of the molecule is CCOCCS(=O)(=O)N(C)c1ccc(Br)cc1N. The Kier molecular flexibility index (Phi) is 5.43. The molecule has 0 amide bonds. The summed E-state index contributed by atoms with van der Waals surface area (Å²) in [6.07, 6.45) is 0. The zero-order valence-electron chi connectivity index (χ0n) is 10.4. The molecule has 0 aliphatic rings. The maximum atomic E-state index is 12.0. The van der Waals surface area contributed by atoms with Crippen LogP contribution in [0.1, 0.15) is 6.92 Å². The van der Waals surface area contributed by atoms with E-state index in [2.05, 4.69) is 15.9 Å². The van der Waals surface area contributed by atoms with Crippen molar-refractivity contribution in [2.24, 2.45) is 0 Å². The van der Waals surface area contributed by atoms with Crippen molar-refractivity contribution in [3.05, 3.63) is 22.7 Å². The van der Waals surface area contributed by atoms with Crippen molar-refractivity contribution in [3.63, 3.8) is 0 Å². The topological polar surface area (TPSA) is 72.6 Å². The molecule has 2 N–H and O–H groups in total. The lowest BCUT2D eigenvalue weighted by atomic mass is 10.3. The maximum absolute atomic E-state index is 12.0. The molecule has 0 aliphatic heterocycles. The van der Waals surface area contributed by atoms with Crippen LogP contribution in [0.15, 0.2) is 22.7 Å². The van der Waals surface area contributed by atoms with Crippen molar-refractivity contribution in [3.8, 4) is 0 Å². The molecule has 0 bridgehead atoms. The van der Waals surface area contributed by atoms with Gasteiger partial charge >= 0.3 is 0 Å². The zero-order valence-corrected chi connectivity index (χ0v) is 12.8. The molecule has 0 radical (unpaired) electrons. The van der Waals surface area contributed by atoms with Gasteiger partial charge in [0.2, 0.25) is 10.0 Å². The van der Waals surface area contributed by atoms with Crippen molar-refractivity contribution in [2.45, 2.75) is 6.92 Å². The summed E-state index contributed by atoms with van der Waals surface area (Å²) in [6, 6.07) is 5.09. The number of nitrogens with two attached hydrogens (primary N) is 1. The molecule has 1 aromatic carbocycles. The number of benzene rings is 1. The van der Waals surface area contributed by atoms with Gasteiger partial charge in [0, 0.05) is 18.1 Å². The molecule has 0 aliphatic carbocycles. The van der Waals surface area contributed by atoms with Crippen LogP contribution < -0.4 is 10.0 Å². The molecule has 5 nitrogen and oxygen atoms in total. The van der Waals surface area contributed by atoms with Crippen LogP contribution in [0.5, 0.6) is 0 Å². The van der Waals surface area contributed by atoms with Crippen molar-refractivity contribution in [2.75, 3.05) is 36.1 Å². The van der Waals surface area contributed by atoms with Crippen molar-refractivity contribution in [1.29, 1.82) is 0 Å². The molecular formula is C11H17BrN2O3S. The van der Waals surface area contributed by atoms with Gasteiger partial charge in [-0.1, -0.05) is 15.9 Å². The van der Waals surface area contributed by atoms with Gasteiger partial charge in [-0.3, -0.25) is 4.31 Å². The van der Waals surface area contributed by atoms with Gasteiger partial charge in [-0.25, -0.2) is 8.42 Å². The average molecular weight is 337 g/mol. The quantitative estimate of drug-likeness (QED) is 0.635. The van der Waals surface area contributed by atoms with Gasteiger partial charge < -0.3 is 10.5 Å². The van der Waals surface area contributed by atoms with E-state index in [1.807, 2.05) is 6.92 Å². The summed E-state index contributed by atoms with van der Waals surface area (Å²) < 4.78 is 31.1. The smallest absolute Gasteiger partial charge is 0.237 e. The highest BCUT2D eigenvalue weighted by molar-refractivity contribution is 9.10.